The molecule has 0 aliphatic heterocycles. The van der Waals surface area contributed by atoms with Crippen molar-refractivity contribution < 1.29 is 38.6 Å². The van der Waals surface area contributed by atoms with Gasteiger partial charge in [0.05, 0.1) is 47.1 Å². The summed E-state index contributed by atoms with van der Waals surface area (Å²) in [5, 5.41) is 29.4. The Kier molecular flexibility index (Phi) is 13.3. The van der Waals surface area contributed by atoms with Crippen molar-refractivity contribution in [1.29, 1.82) is 0 Å². The van der Waals surface area contributed by atoms with E-state index in [9.17, 15) is 10.2 Å². The summed E-state index contributed by atoms with van der Waals surface area (Å²) in [6.07, 6.45) is 0. The fourth-order valence-corrected chi connectivity index (χ4v) is 12.3. The SMILES string of the molecule is COc1ccc2cc(-c3cc(C4(c5cc(-c6ccc7cc(OC)ccc7c6)c(OCCO)c(-c6ccc7cc(OC)ccc7c6)c5)c5ccccc5-c5ccccc54)cc(-c4ccc5cc(OC)ccc5c4)c3OCCO)ccc2c1. The Morgan fingerprint density at radius 3 is 0.852 bits per heavy atom. The van der Waals surface area contributed by atoms with Crippen LogP contribution in [0.1, 0.15) is 22.3 Å². The van der Waals surface area contributed by atoms with Gasteiger partial charge < -0.3 is 38.6 Å². The maximum Gasteiger partial charge on any atom is 0.135 e. The monoisotopic (exact) mass is 1060 g/mol. The Labute approximate surface area is 470 Å². The lowest BCUT2D eigenvalue weighted by atomic mass is 9.66. The number of hydrogen-bond donors (Lipinski definition) is 2. The Bertz CT molecular complexity index is 3910. The number of fused-ring (bicyclic) bond motifs is 7. The highest BCUT2D eigenvalue weighted by atomic mass is 16.5. The number of rotatable bonds is 16. The van der Waals surface area contributed by atoms with Crippen LogP contribution in [0.5, 0.6) is 34.5 Å². The third kappa shape index (κ3) is 8.90. The molecule has 2 N–H and O–H groups in total. The summed E-state index contributed by atoms with van der Waals surface area (Å²) < 4.78 is 36.4. The van der Waals surface area contributed by atoms with Gasteiger partial charge in [0.1, 0.15) is 47.7 Å². The lowest BCUT2D eigenvalue weighted by molar-refractivity contribution is 0.202. The van der Waals surface area contributed by atoms with Gasteiger partial charge in [-0.2, -0.15) is 0 Å². The van der Waals surface area contributed by atoms with Crippen molar-refractivity contribution in [2.75, 3.05) is 54.9 Å². The molecule has 0 radical (unpaired) electrons. The van der Waals surface area contributed by atoms with Crippen LogP contribution in [0, 0.1) is 0 Å². The highest BCUT2D eigenvalue weighted by Crippen LogP contribution is 2.60. The highest BCUT2D eigenvalue weighted by molar-refractivity contribution is 5.99. The first kappa shape index (κ1) is 50.9. The van der Waals surface area contributed by atoms with Gasteiger partial charge in [0.25, 0.3) is 0 Å². The van der Waals surface area contributed by atoms with Gasteiger partial charge in [-0.3, -0.25) is 0 Å². The van der Waals surface area contributed by atoms with Gasteiger partial charge in [-0.25, -0.2) is 0 Å². The molecule has 0 amide bonds. The molecule has 1 aliphatic carbocycles. The van der Waals surface area contributed by atoms with Crippen LogP contribution in [0.15, 0.2) is 218 Å². The first-order chi connectivity index (χ1) is 39.8. The second-order valence-corrected chi connectivity index (χ2v) is 20.5. The van der Waals surface area contributed by atoms with Gasteiger partial charge in [0.15, 0.2) is 0 Å². The summed E-state index contributed by atoms with van der Waals surface area (Å²) in [6, 6.07) is 77.4. The van der Waals surface area contributed by atoms with Gasteiger partial charge in [-0.05, 0) is 196 Å². The molecule has 81 heavy (non-hydrogen) atoms. The molecule has 0 fully saturated rings. The molecule has 0 atom stereocenters. The second kappa shape index (κ2) is 21.2. The topological polar surface area (TPSA) is 95.8 Å². The van der Waals surface area contributed by atoms with Crippen molar-refractivity contribution >= 4 is 43.1 Å². The van der Waals surface area contributed by atoms with E-state index in [0.29, 0.717) is 11.5 Å². The van der Waals surface area contributed by atoms with Crippen LogP contribution in [-0.2, 0) is 5.41 Å². The average molecular weight is 1060 g/mol. The fourth-order valence-electron chi connectivity index (χ4n) is 12.3. The van der Waals surface area contributed by atoms with E-state index in [4.69, 9.17) is 28.4 Å². The molecular formula is C73H58O8. The molecule has 0 aromatic heterocycles. The number of methoxy groups -OCH3 is 4. The van der Waals surface area contributed by atoms with Crippen LogP contribution in [0.3, 0.4) is 0 Å². The van der Waals surface area contributed by atoms with E-state index in [-0.39, 0.29) is 26.4 Å². The molecule has 0 bridgehead atoms. The maximum absolute atomic E-state index is 10.6. The molecule has 12 aromatic carbocycles. The first-order valence-electron chi connectivity index (χ1n) is 27.2. The van der Waals surface area contributed by atoms with E-state index >= 15 is 0 Å². The Balaban J connectivity index is 1.18. The number of ether oxygens (including phenoxy) is 6. The van der Waals surface area contributed by atoms with Crippen molar-refractivity contribution in [3.8, 4) is 90.1 Å². The molecule has 8 nitrogen and oxygen atoms in total. The first-order valence-corrected chi connectivity index (χ1v) is 27.2. The maximum atomic E-state index is 10.6. The zero-order chi connectivity index (χ0) is 55.2. The van der Waals surface area contributed by atoms with Crippen LogP contribution >= 0.6 is 0 Å². The minimum absolute atomic E-state index is 0.0742. The zero-order valence-electron chi connectivity index (χ0n) is 45.5. The third-order valence-corrected chi connectivity index (χ3v) is 16.1. The Hall–Kier alpha value is -9.60. The van der Waals surface area contributed by atoms with Crippen LogP contribution < -0.4 is 28.4 Å². The molecule has 13 rings (SSSR count). The van der Waals surface area contributed by atoms with Crippen molar-refractivity contribution in [2.24, 2.45) is 0 Å². The van der Waals surface area contributed by atoms with Crippen molar-refractivity contribution in [2.45, 2.75) is 5.41 Å². The minimum atomic E-state index is -0.992. The van der Waals surface area contributed by atoms with Crippen LogP contribution in [-0.4, -0.2) is 65.1 Å². The quantitative estimate of drug-likeness (QED) is 0.0988. The van der Waals surface area contributed by atoms with E-state index in [0.717, 1.165) is 144 Å². The third-order valence-electron chi connectivity index (χ3n) is 16.1. The van der Waals surface area contributed by atoms with E-state index in [1.54, 1.807) is 28.4 Å². The van der Waals surface area contributed by atoms with Gasteiger partial charge in [0, 0.05) is 22.3 Å². The number of aliphatic hydroxyl groups is 2. The normalized spacial score (nSPS) is 12.4. The van der Waals surface area contributed by atoms with Crippen LogP contribution in [0.4, 0.5) is 0 Å². The van der Waals surface area contributed by atoms with Gasteiger partial charge in [-0.15, -0.1) is 0 Å². The van der Waals surface area contributed by atoms with Gasteiger partial charge >= 0.3 is 0 Å². The summed E-state index contributed by atoms with van der Waals surface area (Å²) >= 11 is 0. The summed E-state index contributed by atoms with van der Waals surface area (Å²) in [4.78, 5) is 0. The van der Waals surface area contributed by atoms with Crippen molar-refractivity contribution in [1.82, 2.24) is 0 Å². The van der Waals surface area contributed by atoms with Crippen molar-refractivity contribution in [3.63, 3.8) is 0 Å². The van der Waals surface area contributed by atoms with Crippen LogP contribution in [0.25, 0.3) is 98.7 Å². The Morgan fingerprint density at radius 2 is 0.568 bits per heavy atom. The summed E-state index contributed by atoms with van der Waals surface area (Å²) in [6.45, 7) is -0.210. The highest BCUT2D eigenvalue weighted by Gasteiger charge is 2.47. The molecule has 0 unspecified atom stereocenters. The molecule has 0 saturated carbocycles. The summed E-state index contributed by atoms with van der Waals surface area (Å²) in [7, 11) is 6.75. The fraction of sp³-hybridized carbons (Fsp3) is 0.123. The predicted octanol–water partition coefficient (Wildman–Crippen LogP) is 16.1. The van der Waals surface area contributed by atoms with Crippen LogP contribution in [0.2, 0.25) is 0 Å². The number of hydrogen-bond acceptors (Lipinski definition) is 8. The van der Waals surface area contributed by atoms with E-state index < -0.39 is 5.41 Å². The van der Waals surface area contributed by atoms with Gasteiger partial charge in [-0.1, -0.05) is 121 Å². The number of aliphatic hydroxyl groups excluding tert-OH is 2. The standard InChI is InChI=1S/C73H58O8/c1-76-59-25-21-45-33-53(17-13-49(45)37-59)65-41-57(42-66(71(65)80-31-29-74)54-18-14-50-38-60(77-2)26-22-46(50)34-54)73(69-11-7-5-9-63(69)64-10-6-8-12-70(64)73)58-43-67(55-19-15-51-39-61(78-3)27-23-47(51)35-55)72(81-32-30-75)68(44-58)56-20-16-52-40-62(79-4)28-24-48(52)36-56/h5-28,33-44,74-75H,29-32H2,1-4H3. The van der Waals surface area contributed by atoms with E-state index in [2.05, 4.69) is 194 Å². The summed E-state index contributed by atoms with van der Waals surface area (Å²) in [5.41, 5.74) is 12.7. The minimum Gasteiger partial charge on any atom is -0.497 e. The molecule has 398 valence electrons. The van der Waals surface area contributed by atoms with Crippen molar-refractivity contribution in [3.05, 3.63) is 241 Å². The molecule has 1 aliphatic rings. The molecule has 0 saturated heterocycles. The van der Waals surface area contributed by atoms with E-state index in [1.165, 1.54) is 0 Å². The molecule has 0 heterocycles. The lowest BCUT2D eigenvalue weighted by Gasteiger charge is -2.36. The molecule has 0 spiro atoms. The summed E-state index contributed by atoms with van der Waals surface area (Å²) in [5.74, 6) is 4.41. The Morgan fingerprint density at radius 1 is 0.296 bits per heavy atom. The molecule has 12 aromatic rings. The average Bonchev–Trinajstić information content (AvgIpc) is 4.02. The zero-order valence-corrected chi connectivity index (χ0v) is 45.5. The molecular weight excluding hydrogens is 1000 g/mol. The predicted molar refractivity (Wildman–Crippen MR) is 327 cm³/mol. The van der Waals surface area contributed by atoms with Gasteiger partial charge in [0.2, 0.25) is 0 Å². The van der Waals surface area contributed by atoms with E-state index in [1.807, 2.05) is 24.3 Å². The lowest BCUT2D eigenvalue weighted by Crippen LogP contribution is -2.29. The smallest absolute Gasteiger partial charge is 0.135 e. The number of benzene rings is 12. The molecule has 8 heteroatoms. The second-order valence-electron chi connectivity index (χ2n) is 20.5. The largest absolute Gasteiger partial charge is 0.497 e.